The molecule has 94 valence electrons. The van der Waals surface area contributed by atoms with Crippen molar-refractivity contribution in [3.63, 3.8) is 0 Å². The lowest BCUT2D eigenvalue weighted by molar-refractivity contribution is 0.0978. The lowest BCUT2D eigenvalue weighted by atomic mass is 9.92. The van der Waals surface area contributed by atoms with Crippen LogP contribution in [-0.2, 0) is 0 Å². The van der Waals surface area contributed by atoms with Gasteiger partial charge in [-0.25, -0.2) is 4.39 Å². The number of Topliss-reactive ketones (excluding diaryl/α,β-unsaturated/α-hetero) is 1. The second-order valence-corrected chi connectivity index (χ2v) is 4.90. The van der Waals surface area contributed by atoms with E-state index < -0.39 is 17.5 Å². The number of halogens is 2. The highest BCUT2D eigenvalue weighted by atomic mass is 79.9. The van der Waals surface area contributed by atoms with Gasteiger partial charge in [-0.1, -0.05) is 40.2 Å². The lowest BCUT2D eigenvalue weighted by Crippen LogP contribution is -2.11. The molecule has 0 saturated heterocycles. The van der Waals surface area contributed by atoms with Gasteiger partial charge in [0, 0.05) is 10.0 Å². The molecule has 0 amide bonds. The number of carbonyl (C=O) groups excluding carboxylic acids is 1. The van der Waals surface area contributed by atoms with Crippen molar-refractivity contribution in [3.8, 4) is 6.07 Å². The van der Waals surface area contributed by atoms with Gasteiger partial charge in [-0.15, -0.1) is 0 Å². The summed E-state index contributed by atoms with van der Waals surface area (Å²) in [6.45, 7) is 0. The normalized spacial score (nSPS) is 11.6. The molecule has 0 N–H and O–H groups in total. The van der Waals surface area contributed by atoms with E-state index in [-0.39, 0.29) is 5.56 Å². The van der Waals surface area contributed by atoms with Gasteiger partial charge in [0.15, 0.2) is 5.78 Å². The fourth-order valence-electron chi connectivity index (χ4n) is 1.75. The molecule has 0 spiro atoms. The van der Waals surface area contributed by atoms with Crippen LogP contribution >= 0.6 is 15.9 Å². The van der Waals surface area contributed by atoms with Crippen molar-refractivity contribution in [1.82, 2.24) is 0 Å². The summed E-state index contributed by atoms with van der Waals surface area (Å²) in [5.41, 5.74) is 0.800. The van der Waals surface area contributed by atoms with Gasteiger partial charge in [0.25, 0.3) is 0 Å². The van der Waals surface area contributed by atoms with Crippen molar-refractivity contribution in [2.75, 3.05) is 0 Å². The number of hydrogen-bond donors (Lipinski definition) is 0. The fraction of sp³-hybridized carbons (Fsp3) is 0.0667. The molecule has 2 aromatic rings. The van der Waals surface area contributed by atoms with E-state index in [2.05, 4.69) is 15.9 Å². The molecule has 0 aliphatic carbocycles. The van der Waals surface area contributed by atoms with Gasteiger partial charge >= 0.3 is 0 Å². The Labute approximate surface area is 118 Å². The number of rotatable bonds is 3. The Bertz CT molecular complexity index is 646. The van der Waals surface area contributed by atoms with Gasteiger partial charge in [0.2, 0.25) is 0 Å². The third-order valence-electron chi connectivity index (χ3n) is 2.70. The minimum atomic E-state index is -0.921. The third-order valence-corrected chi connectivity index (χ3v) is 3.23. The van der Waals surface area contributed by atoms with Gasteiger partial charge in [0.1, 0.15) is 11.7 Å². The molecule has 4 heteroatoms. The molecule has 0 aromatic heterocycles. The van der Waals surface area contributed by atoms with Gasteiger partial charge in [-0.05, 0) is 29.8 Å². The molecule has 19 heavy (non-hydrogen) atoms. The number of ketones is 1. The summed E-state index contributed by atoms with van der Waals surface area (Å²) in [6, 6.07) is 14.3. The SMILES string of the molecule is N#CC(C(=O)c1cccc(F)c1)c1ccc(Br)cc1. The van der Waals surface area contributed by atoms with E-state index in [0.29, 0.717) is 5.56 Å². The Kier molecular flexibility index (Phi) is 4.08. The van der Waals surface area contributed by atoms with Crippen molar-refractivity contribution in [2.24, 2.45) is 0 Å². The standard InChI is InChI=1S/C15H9BrFNO/c16-12-6-4-10(5-7-12)14(9-18)15(19)11-2-1-3-13(17)8-11/h1-8,14H. The van der Waals surface area contributed by atoms with E-state index in [0.717, 1.165) is 10.5 Å². The summed E-state index contributed by atoms with van der Waals surface area (Å²) in [5, 5.41) is 9.17. The van der Waals surface area contributed by atoms with Crippen LogP contribution in [0.25, 0.3) is 0 Å². The van der Waals surface area contributed by atoms with Crippen molar-refractivity contribution in [3.05, 3.63) is 69.9 Å². The van der Waals surface area contributed by atoms with Crippen LogP contribution in [0, 0.1) is 17.1 Å². The summed E-state index contributed by atoms with van der Waals surface area (Å²) in [4.78, 5) is 12.2. The predicted molar refractivity (Wildman–Crippen MR) is 73.2 cm³/mol. The zero-order valence-corrected chi connectivity index (χ0v) is 11.4. The lowest BCUT2D eigenvalue weighted by Gasteiger charge is -2.08. The van der Waals surface area contributed by atoms with Gasteiger partial charge in [-0.2, -0.15) is 5.26 Å². The van der Waals surface area contributed by atoms with E-state index in [9.17, 15) is 14.4 Å². The largest absolute Gasteiger partial charge is 0.292 e. The van der Waals surface area contributed by atoms with Crippen LogP contribution in [0.15, 0.2) is 53.0 Å². The van der Waals surface area contributed by atoms with E-state index >= 15 is 0 Å². The van der Waals surface area contributed by atoms with Gasteiger partial charge < -0.3 is 0 Å². The first kappa shape index (κ1) is 13.4. The Balaban J connectivity index is 2.35. The maximum atomic E-state index is 13.1. The van der Waals surface area contributed by atoms with Crippen LogP contribution in [0.4, 0.5) is 4.39 Å². The molecule has 0 saturated carbocycles. The number of nitrogens with zero attached hydrogens (tertiary/aromatic N) is 1. The molecule has 0 fully saturated rings. The highest BCUT2D eigenvalue weighted by Crippen LogP contribution is 2.22. The third kappa shape index (κ3) is 3.07. The second-order valence-electron chi connectivity index (χ2n) is 3.99. The fourth-order valence-corrected chi connectivity index (χ4v) is 2.01. The molecular formula is C15H9BrFNO. The summed E-state index contributed by atoms with van der Waals surface area (Å²) in [7, 11) is 0. The molecule has 0 aliphatic rings. The van der Waals surface area contributed by atoms with Crippen molar-refractivity contribution < 1.29 is 9.18 Å². The predicted octanol–water partition coefficient (Wildman–Crippen LogP) is 4.08. The Morgan fingerprint density at radius 2 is 1.89 bits per heavy atom. The van der Waals surface area contributed by atoms with Crippen LogP contribution in [0.3, 0.4) is 0 Å². The van der Waals surface area contributed by atoms with Crippen LogP contribution in [0.1, 0.15) is 21.8 Å². The smallest absolute Gasteiger partial charge is 0.184 e. The molecule has 0 radical (unpaired) electrons. The van der Waals surface area contributed by atoms with Crippen LogP contribution in [0.2, 0.25) is 0 Å². The summed E-state index contributed by atoms with van der Waals surface area (Å²) < 4.78 is 14.0. The molecule has 2 nitrogen and oxygen atoms in total. The number of carbonyl (C=O) groups is 1. The Hall–Kier alpha value is -1.99. The minimum Gasteiger partial charge on any atom is -0.292 e. The molecule has 2 rings (SSSR count). The average Bonchev–Trinajstić information content (AvgIpc) is 2.41. The van der Waals surface area contributed by atoms with Crippen molar-refractivity contribution in [1.29, 1.82) is 5.26 Å². The quantitative estimate of drug-likeness (QED) is 0.800. The maximum Gasteiger partial charge on any atom is 0.184 e. The highest BCUT2D eigenvalue weighted by molar-refractivity contribution is 9.10. The topological polar surface area (TPSA) is 40.9 Å². The monoisotopic (exact) mass is 317 g/mol. The Morgan fingerprint density at radius 3 is 2.47 bits per heavy atom. The van der Waals surface area contributed by atoms with Crippen LogP contribution < -0.4 is 0 Å². The van der Waals surface area contributed by atoms with Crippen LogP contribution in [0.5, 0.6) is 0 Å². The van der Waals surface area contributed by atoms with E-state index in [1.54, 1.807) is 24.3 Å². The summed E-state index contributed by atoms with van der Waals surface area (Å²) in [5.74, 6) is -1.81. The van der Waals surface area contributed by atoms with Gasteiger partial charge in [-0.3, -0.25) is 4.79 Å². The average molecular weight is 318 g/mol. The summed E-state index contributed by atoms with van der Waals surface area (Å²) in [6.07, 6.45) is 0. The minimum absolute atomic E-state index is 0.203. The highest BCUT2D eigenvalue weighted by Gasteiger charge is 2.21. The first-order valence-electron chi connectivity index (χ1n) is 5.56. The molecule has 1 unspecified atom stereocenters. The number of nitriles is 1. The molecular weight excluding hydrogens is 309 g/mol. The van der Waals surface area contributed by atoms with E-state index in [4.69, 9.17) is 0 Å². The summed E-state index contributed by atoms with van der Waals surface area (Å²) >= 11 is 3.29. The number of hydrogen-bond acceptors (Lipinski definition) is 2. The van der Waals surface area contributed by atoms with E-state index in [1.165, 1.54) is 18.2 Å². The molecule has 0 heterocycles. The zero-order valence-electron chi connectivity index (χ0n) is 9.81. The van der Waals surface area contributed by atoms with Crippen LogP contribution in [-0.4, -0.2) is 5.78 Å². The maximum absolute atomic E-state index is 13.1. The van der Waals surface area contributed by atoms with Crippen molar-refractivity contribution >= 4 is 21.7 Å². The first-order chi connectivity index (χ1) is 9.11. The molecule has 2 aromatic carbocycles. The number of benzene rings is 2. The van der Waals surface area contributed by atoms with Crippen molar-refractivity contribution in [2.45, 2.75) is 5.92 Å². The van der Waals surface area contributed by atoms with Gasteiger partial charge in [0.05, 0.1) is 6.07 Å². The molecule has 0 aliphatic heterocycles. The molecule has 1 atom stereocenters. The zero-order chi connectivity index (χ0) is 13.8. The second kappa shape index (κ2) is 5.77. The van der Waals surface area contributed by atoms with E-state index in [1.807, 2.05) is 6.07 Å². The Morgan fingerprint density at radius 1 is 1.21 bits per heavy atom. The first-order valence-corrected chi connectivity index (χ1v) is 6.36. The molecule has 0 bridgehead atoms.